The molecule has 2 rings (SSSR count). The summed E-state index contributed by atoms with van der Waals surface area (Å²) in [6, 6.07) is 8.64. The quantitative estimate of drug-likeness (QED) is 0.283. The van der Waals surface area contributed by atoms with Crippen LogP contribution < -0.4 is 16.4 Å². The van der Waals surface area contributed by atoms with Crippen LogP contribution in [-0.4, -0.2) is 55.7 Å². The molecule has 5 N–H and O–H groups in total. The maximum absolute atomic E-state index is 13.7. The van der Waals surface area contributed by atoms with E-state index in [9.17, 15) is 27.1 Å². The molecule has 0 heterocycles. The highest BCUT2D eigenvalue weighted by atomic mass is 32.2. The summed E-state index contributed by atoms with van der Waals surface area (Å²) in [7, 11) is -3.52. The number of aliphatic hydroxyl groups is 1. The van der Waals surface area contributed by atoms with Crippen LogP contribution in [0.5, 0.6) is 0 Å². The molecule has 3 atom stereocenters. The standard InChI is InChI=1S/C26H37F2N3O4S/c1-3-5-9-36(34,35)17-23(29)26(33)31-24(13-20-11-21(27)14-22(28)12-20)25(32)16-30-15-19-8-6-7-18(4-2)10-19/h6-8,10-12,14,23-25,30,32H,3-5,9,13,15-17,29H2,1-2H3,(H,31,33)/t23-,24-,25+/m0/s1. The van der Waals surface area contributed by atoms with E-state index in [1.807, 2.05) is 31.2 Å². The second-order valence-corrected chi connectivity index (χ2v) is 11.3. The molecular weight excluding hydrogens is 488 g/mol. The summed E-state index contributed by atoms with van der Waals surface area (Å²) in [5.41, 5.74) is 8.29. The zero-order valence-corrected chi connectivity index (χ0v) is 21.7. The number of hydrogen-bond acceptors (Lipinski definition) is 6. The van der Waals surface area contributed by atoms with Crippen LogP contribution in [0.4, 0.5) is 8.78 Å². The Hall–Kier alpha value is -2.40. The van der Waals surface area contributed by atoms with Crippen LogP contribution in [0.15, 0.2) is 42.5 Å². The van der Waals surface area contributed by atoms with Gasteiger partial charge in [-0.25, -0.2) is 17.2 Å². The molecular formula is C26H37F2N3O4S. The van der Waals surface area contributed by atoms with Crippen molar-refractivity contribution in [3.8, 4) is 0 Å². The number of carbonyl (C=O) groups excluding carboxylic acids is 1. The molecule has 0 bridgehead atoms. The number of benzene rings is 2. The van der Waals surface area contributed by atoms with E-state index in [1.165, 1.54) is 5.56 Å². The van der Waals surface area contributed by atoms with E-state index in [4.69, 9.17) is 5.73 Å². The monoisotopic (exact) mass is 525 g/mol. The molecule has 0 aliphatic heterocycles. The van der Waals surface area contributed by atoms with Crippen LogP contribution in [0.25, 0.3) is 0 Å². The summed E-state index contributed by atoms with van der Waals surface area (Å²) < 4.78 is 51.9. The molecule has 0 unspecified atom stereocenters. The number of hydrogen-bond donors (Lipinski definition) is 4. The molecule has 36 heavy (non-hydrogen) atoms. The van der Waals surface area contributed by atoms with Gasteiger partial charge in [0, 0.05) is 19.2 Å². The van der Waals surface area contributed by atoms with Gasteiger partial charge in [0.2, 0.25) is 5.91 Å². The topological polar surface area (TPSA) is 122 Å². The van der Waals surface area contributed by atoms with Crippen LogP contribution in [0, 0.1) is 11.6 Å². The van der Waals surface area contributed by atoms with E-state index >= 15 is 0 Å². The number of unbranched alkanes of at least 4 members (excludes halogenated alkanes) is 1. The number of amides is 1. The molecule has 0 aliphatic rings. The van der Waals surface area contributed by atoms with Crippen molar-refractivity contribution >= 4 is 15.7 Å². The van der Waals surface area contributed by atoms with E-state index in [0.29, 0.717) is 19.4 Å². The SMILES string of the molecule is CCCCS(=O)(=O)C[C@H](N)C(=O)N[C@@H](Cc1cc(F)cc(F)c1)[C@H](O)CNCc1cccc(CC)c1. The van der Waals surface area contributed by atoms with Gasteiger partial charge in [-0.2, -0.15) is 0 Å². The van der Waals surface area contributed by atoms with E-state index in [-0.39, 0.29) is 24.3 Å². The first-order chi connectivity index (χ1) is 17.0. The van der Waals surface area contributed by atoms with Crippen molar-refractivity contribution in [1.82, 2.24) is 10.6 Å². The Kier molecular flexibility index (Phi) is 11.9. The van der Waals surface area contributed by atoms with Gasteiger partial charge in [-0.1, -0.05) is 44.5 Å². The predicted octanol–water partition coefficient (Wildman–Crippen LogP) is 2.25. The van der Waals surface area contributed by atoms with Gasteiger partial charge in [0.25, 0.3) is 0 Å². The molecule has 0 spiro atoms. The summed E-state index contributed by atoms with van der Waals surface area (Å²) in [6.07, 6.45) is 0.830. The van der Waals surface area contributed by atoms with E-state index < -0.39 is 51.3 Å². The molecule has 10 heteroatoms. The van der Waals surface area contributed by atoms with Crippen molar-refractivity contribution in [2.75, 3.05) is 18.1 Å². The first-order valence-corrected chi connectivity index (χ1v) is 14.0. The molecule has 7 nitrogen and oxygen atoms in total. The van der Waals surface area contributed by atoms with Gasteiger partial charge < -0.3 is 21.5 Å². The van der Waals surface area contributed by atoms with E-state index in [2.05, 4.69) is 17.6 Å². The number of aliphatic hydroxyl groups excluding tert-OH is 1. The van der Waals surface area contributed by atoms with Gasteiger partial charge in [-0.3, -0.25) is 4.79 Å². The Balaban J connectivity index is 2.09. The fourth-order valence-electron chi connectivity index (χ4n) is 3.82. The van der Waals surface area contributed by atoms with Gasteiger partial charge in [0.15, 0.2) is 9.84 Å². The Morgan fingerprint density at radius 2 is 1.72 bits per heavy atom. The van der Waals surface area contributed by atoms with E-state index in [0.717, 1.165) is 30.2 Å². The second-order valence-electron chi connectivity index (χ2n) is 9.04. The number of sulfone groups is 1. The number of rotatable bonds is 15. The molecule has 2 aromatic carbocycles. The maximum atomic E-state index is 13.7. The number of halogens is 2. The zero-order chi connectivity index (χ0) is 26.7. The lowest BCUT2D eigenvalue weighted by Crippen LogP contribution is -2.54. The van der Waals surface area contributed by atoms with Crippen LogP contribution >= 0.6 is 0 Å². The summed E-state index contributed by atoms with van der Waals surface area (Å²) in [6.45, 7) is 4.45. The van der Waals surface area contributed by atoms with Crippen LogP contribution in [-0.2, 0) is 34.0 Å². The Morgan fingerprint density at radius 3 is 2.36 bits per heavy atom. The highest BCUT2D eigenvalue weighted by molar-refractivity contribution is 7.91. The predicted molar refractivity (Wildman–Crippen MR) is 137 cm³/mol. The van der Waals surface area contributed by atoms with Crippen molar-refractivity contribution < 1.29 is 27.1 Å². The molecule has 0 aromatic heterocycles. The smallest absolute Gasteiger partial charge is 0.238 e. The van der Waals surface area contributed by atoms with Gasteiger partial charge in [-0.15, -0.1) is 0 Å². The van der Waals surface area contributed by atoms with Crippen molar-refractivity contribution in [1.29, 1.82) is 0 Å². The van der Waals surface area contributed by atoms with E-state index in [1.54, 1.807) is 0 Å². The Bertz CT molecular complexity index is 1080. The average molecular weight is 526 g/mol. The summed E-state index contributed by atoms with van der Waals surface area (Å²) in [5.74, 6) is -2.91. The minimum atomic E-state index is -3.52. The summed E-state index contributed by atoms with van der Waals surface area (Å²) >= 11 is 0. The number of aryl methyl sites for hydroxylation is 1. The third-order valence-corrected chi connectivity index (χ3v) is 7.61. The minimum Gasteiger partial charge on any atom is -0.390 e. The number of nitrogens with two attached hydrogens (primary N) is 1. The third-order valence-electron chi connectivity index (χ3n) is 5.83. The maximum Gasteiger partial charge on any atom is 0.238 e. The normalized spacial score (nSPS) is 14.3. The molecule has 2 aromatic rings. The molecule has 0 saturated carbocycles. The van der Waals surface area contributed by atoms with Crippen molar-refractivity contribution in [3.05, 3.63) is 70.8 Å². The molecule has 200 valence electrons. The molecule has 0 radical (unpaired) electrons. The first-order valence-electron chi connectivity index (χ1n) is 12.2. The first kappa shape index (κ1) is 29.8. The molecule has 0 aliphatic carbocycles. The van der Waals surface area contributed by atoms with Gasteiger partial charge in [0.05, 0.1) is 29.7 Å². The molecule has 1 amide bonds. The third kappa shape index (κ3) is 10.3. The van der Waals surface area contributed by atoms with Crippen LogP contribution in [0.2, 0.25) is 0 Å². The zero-order valence-electron chi connectivity index (χ0n) is 20.8. The largest absolute Gasteiger partial charge is 0.390 e. The number of carbonyl (C=O) groups is 1. The fourth-order valence-corrected chi connectivity index (χ4v) is 5.41. The van der Waals surface area contributed by atoms with Crippen molar-refractivity contribution in [2.45, 2.75) is 64.3 Å². The van der Waals surface area contributed by atoms with Crippen molar-refractivity contribution in [2.24, 2.45) is 5.73 Å². The summed E-state index contributed by atoms with van der Waals surface area (Å²) in [5, 5.41) is 16.6. The lowest BCUT2D eigenvalue weighted by Gasteiger charge is -2.26. The van der Waals surface area contributed by atoms with Gasteiger partial charge in [-0.05, 0) is 48.1 Å². The Morgan fingerprint density at radius 1 is 1.06 bits per heavy atom. The Labute approximate surface area is 212 Å². The van der Waals surface area contributed by atoms with Crippen LogP contribution in [0.3, 0.4) is 0 Å². The fraction of sp³-hybridized carbons (Fsp3) is 0.500. The van der Waals surface area contributed by atoms with Crippen LogP contribution in [0.1, 0.15) is 43.4 Å². The minimum absolute atomic E-state index is 0.0672. The highest BCUT2D eigenvalue weighted by Gasteiger charge is 2.27. The molecule has 0 fully saturated rings. The van der Waals surface area contributed by atoms with Gasteiger partial charge >= 0.3 is 0 Å². The highest BCUT2D eigenvalue weighted by Crippen LogP contribution is 2.13. The lowest BCUT2D eigenvalue weighted by atomic mass is 10.00. The number of nitrogens with one attached hydrogen (secondary N) is 2. The average Bonchev–Trinajstić information content (AvgIpc) is 2.81. The van der Waals surface area contributed by atoms with Crippen molar-refractivity contribution in [3.63, 3.8) is 0 Å². The lowest BCUT2D eigenvalue weighted by molar-refractivity contribution is -0.123. The van der Waals surface area contributed by atoms with Gasteiger partial charge in [0.1, 0.15) is 11.6 Å². The summed E-state index contributed by atoms with van der Waals surface area (Å²) in [4.78, 5) is 12.7. The molecule has 0 saturated heterocycles. The second kappa shape index (κ2) is 14.4.